The maximum Gasteiger partial charge on any atom is 0.269 e. The van der Waals surface area contributed by atoms with Crippen LogP contribution in [-0.2, 0) is 11.3 Å². The zero-order chi connectivity index (χ0) is 14.4. The van der Waals surface area contributed by atoms with Crippen molar-refractivity contribution in [3.8, 4) is 5.95 Å². The second-order valence-corrected chi connectivity index (χ2v) is 4.07. The summed E-state index contributed by atoms with van der Waals surface area (Å²) in [7, 11) is 1.66. The molecule has 8 heteroatoms. The third kappa shape index (κ3) is 3.59. The van der Waals surface area contributed by atoms with Crippen LogP contribution in [0.1, 0.15) is 16.1 Å². The van der Waals surface area contributed by atoms with Gasteiger partial charge in [-0.05, 0) is 6.07 Å². The maximum atomic E-state index is 11.0. The second-order valence-electron chi connectivity index (χ2n) is 4.07. The zero-order valence-corrected chi connectivity index (χ0v) is 11.1. The van der Waals surface area contributed by atoms with Crippen LogP contribution in [-0.4, -0.2) is 45.9 Å². The number of ether oxygens (including phenoxy) is 1. The van der Waals surface area contributed by atoms with Crippen LogP contribution in [0.3, 0.4) is 0 Å². The van der Waals surface area contributed by atoms with Gasteiger partial charge in [-0.25, -0.2) is 14.6 Å². The summed E-state index contributed by atoms with van der Waals surface area (Å²) in [4.78, 5) is 19.3. The topological polar surface area (TPSA) is 108 Å². The minimum atomic E-state index is -0.581. The first kappa shape index (κ1) is 14.1. The summed E-state index contributed by atoms with van der Waals surface area (Å²) in [5.74, 6) is -0.194. The zero-order valence-electron chi connectivity index (χ0n) is 11.1. The predicted octanol–water partition coefficient (Wildman–Crippen LogP) is -0.503. The number of hydrogen-bond acceptors (Lipinski definition) is 6. The molecule has 0 aliphatic heterocycles. The van der Waals surface area contributed by atoms with Crippen molar-refractivity contribution in [2.24, 2.45) is 5.73 Å². The van der Waals surface area contributed by atoms with E-state index in [0.717, 1.165) is 12.1 Å². The minimum absolute atomic E-state index is 0.180. The van der Waals surface area contributed by atoms with E-state index in [1.165, 1.54) is 10.7 Å². The van der Waals surface area contributed by atoms with Crippen molar-refractivity contribution in [2.75, 3.05) is 20.3 Å². The summed E-state index contributed by atoms with van der Waals surface area (Å²) >= 11 is 0. The van der Waals surface area contributed by atoms with Crippen molar-refractivity contribution < 1.29 is 9.53 Å². The van der Waals surface area contributed by atoms with Crippen molar-refractivity contribution in [1.29, 1.82) is 0 Å². The van der Waals surface area contributed by atoms with Gasteiger partial charge in [-0.15, -0.1) is 0 Å². The molecule has 8 nitrogen and oxygen atoms in total. The molecule has 0 saturated carbocycles. The lowest BCUT2D eigenvalue weighted by atomic mass is 10.3. The molecule has 0 aromatic carbocycles. The van der Waals surface area contributed by atoms with Crippen LogP contribution in [0.4, 0.5) is 0 Å². The summed E-state index contributed by atoms with van der Waals surface area (Å²) < 4.78 is 6.34. The molecule has 0 bridgehead atoms. The van der Waals surface area contributed by atoms with Gasteiger partial charge in [0.1, 0.15) is 5.69 Å². The quantitative estimate of drug-likeness (QED) is 0.660. The van der Waals surface area contributed by atoms with E-state index in [2.05, 4.69) is 20.4 Å². The van der Waals surface area contributed by atoms with Crippen molar-refractivity contribution in [3.63, 3.8) is 0 Å². The van der Waals surface area contributed by atoms with Gasteiger partial charge in [0.25, 0.3) is 5.91 Å². The molecule has 0 spiro atoms. The second kappa shape index (κ2) is 6.73. The summed E-state index contributed by atoms with van der Waals surface area (Å²) in [5, 5.41) is 7.17. The monoisotopic (exact) mass is 276 g/mol. The Hall–Kier alpha value is -2.32. The standard InChI is InChI=1S/C12H16N6O2/c1-20-5-3-14-6-9-7-15-12(16-8-9)18-4-2-10(17-18)11(13)19/h2,4,7-8,14H,3,5-6H2,1H3,(H2,13,19). The summed E-state index contributed by atoms with van der Waals surface area (Å²) in [6.07, 6.45) is 4.99. The first-order valence-corrected chi connectivity index (χ1v) is 6.07. The number of aromatic nitrogens is 4. The van der Waals surface area contributed by atoms with Gasteiger partial charge in [0.2, 0.25) is 5.95 Å². The fourth-order valence-electron chi connectivity index (χ4n) is 1.53. The van der Waals surface area contributed by atoms with Crippen LogP contribution in [0.25, 0.3) is 5.95 Å². The van der Waals surface area contributed by atoms with E-state index >= 15 is 0 Å². The maximum absolute atomic E-state index is 11.0. The average Bonchev–Trinajstić information content (AvgIpc) is 2.94. The van der Waals surface area contributed by atoms with Gasteiger partial charge < -0.3 is 15.8 Å². The number of nitrogens with zero attached hydrogens (tertiary/aromatic N) is 4. The van der Waals surface area contributed by atoms with Gasteiger partial charge in [0.05, 0.1) is 6.61 Å². The number of hydrogen-bond donors (Lipinski definition) is 2. The van der Waals surface area contributed by atoms with Gasteiger partial charge in [-0.3, -0.25) is 4.79 Å². The number of methoxy groups -OCH3 is 1. The molecule has 2 heterocycles. The summed E-state index contributed by atoms with van der Waals surface area (Å²) in [6.45, 7) is 2.08. The Morgan fingerprint density at radius 2 is 2.20 bits per heavy atom. The van der Waals surface area contributed by atoms with E-state index in [1.54, 1.807) is 25.7 Å². The third-order valence-corrected chi connectivity index (χ3v) is 2.55. The lowest BCUT2D eigenvalue weighted by Crippen LogP contribution is -2.19. The Morgan fingerprint density at radius 1 is 1.45 bits per heavy atom. The number of primary amides is 1. The van der Waals surface area contributed by atoms with Crippen LogP contribution in [0.15, 0.2) is 24.7 Å². The summed E-state index contributed by atoms with van der Waals surface area (Å²) in [5.41, 5.74) is 6.27. The average molecular weight is 276 g/mol. The van der Waals surface area contributed by atoms with Crippen molar-refractivity contribution >= 4 is 5.91 Å². The van der Waals surface area contributed by atoms with E-state index in [1.807, 2.05) is 0 Å². The van der Waals surface area contributed by atoms with E-state index in [0.29, 0.717) is 19.1 Å². The molecule has 106 valence electrons. The van der Waals surface area contributed by atoms with Gasteiger partial charge in [-0.2, -0.15) is 5.10 Å². The Bertz CT molecular complexity index is 566. The van der Waals surface area contributed by atoms with Gasteiger partial charge >= 0.3 is 0 Å². The smallest absolute Gasteiger partial charge is 0.269 e. The molecule has 2 rings (SSSR count). The largest absolute Gasteiger partial charge is 0.383 e. The van der Waals surface area contributed by atoms with Gasteiger partial charge in [0, 0.05) is 44.4 Å². The molecule has 0 atom stereocenters. The third-order valence-electron chi connectivity index (χ3n) is 2.55. The molecule has 0 aliphatic rings. The number of amides is 1. The summed E-state index contributed by atoms with van der Waals surface area (Å²) in [6, 6.07) is 1.52. The van der Waals surface area contributed by atoms with Crippen molar-refractivity contribution in [3.05, 3.63) is 35.9 Å². The Labute approximate surface area is 116 Å². The van der Waals surface area contributed by atoms with Crippen molar-refractivity contribution in [1.82, 2.24) is 25.1 Å². The highest BCUT2D eigenvalue weighted by Crippen LogP contribution is 2.02. The molecule has 0 saturated heterocycles. The number of rotatable bonds is 7. The van der Waals surface area contributed by atoms with Gasteiger partial charge in [0.15, 0.2) is 0 Å². The highest BCUT2D eigenvalue weighted by Gasteiger charge is 2.07. The van der Waals surface area contributed by atoms with Crippen molar-refractivity contribution in [2.45, 2.75) is 6.54 Å². The highest BCUT2D eigenvalue weighted by atomic mass is 16.5. The Kier molecular flexibility index (Phi) is 4.75. The number of carbonyl (C=O) groups is 1. The van der Waals surface area contributed by atoms with E-state index in [-0.39, 0.29) is 5.69 Å². The molecule has 2 aromatic heterocycles. The molecule has 0 unspecified atom stereocenters. The number of nitrogens with one attached hydrogen (secondary N) is 1. The normalized spacial score (nSPS) is 10.7. The lowest BCUT2D eigenvalue weighted by molar-refractivity contribution is 0.0995. The van der Waals surface area contributed by atoms with Crippen LogP contribution >= 0.6 is 0 Å². The Balaban J connectivity index is 1.98. The molecule has 3 N–H and O–H groups in total. The van der Waals surface area contributed by atoms with E-state index < -0.39 is 5.91 Å². The molecule has 0 radical (unpaired) electrons. The predicted molar refractivity (Wildman–Crippen MR) is 71.3 cm³/mol. The number of nitrogens with two attached hydrogens (primary N) is 1. The lowest BCUT2D eigenvalue weighted by Gasteiger charge is -2.04. The van der Waals surface area contributed by atoms with E-state index in [9.17, 15) is 4.79 Å². The van der Waals surface area contributed by atoms with Gasteiger partial charge in [-0.1, -0.05) is 0 Å². The first-order chi connectivity index (χ1) is 9.70. The molecule has 20 heavy (non-hydrogen) atoms. The van der Waals surface area contributed by atoms with Crippen LogP contribution in [0.5, 0.6) is 0 Å². The molecular weight excluding hydrogens is 260 g/mol. The SMILES string of the molecule is COCCNCc1cnc(-n2ccc(C(N)=O)n2)nc1. The molecule has 1 amide bonds. The molecule has 2 aromatic rings. The van der Waals surface area contributed by atoms with Crippen LogP contribution < -0.4 is 11.1 Å². The fourth-order valence-corrected chi connectivity index (χ4v) is 1.53. The minimum Gasteiger partial charge on any atom is -0.383 e. The number of carbonyl (C=O) groups excluding carboxylic acids is 1. The molecule has 0 aliphatic carbocycles. The Morgan fingerprint density at radius 3 is 2.80 bits per heavy atom. The molecule has 0 fully saturated rings. The highest BCUT2D eigenvalue weighted by molar-refractivity contribution is 5.90. The first-order valence-electron chi connectivity index (χ1n) is 6.07. The van der Waals surface area contributed by atoms with E-state index in [4.69, 9.17) is 10.5 Å². The fraction of sp³-hybridized carbons (Fsp3) is 0.333. The molecular formula is C12H16N6O2. The van der Waals surface area contributed by atoms with Crippen LogP contribution in [0, 0.1) is 0 Å². The van der Waals surface area contributed by atoms with Crippen LogP contribution in [0.2, 0.25) is 0 Å².